The standard InChI is InChI=1S/C37H48N6O7S/c1-5-26-20-37(26,35(48)41-51(49,50)28-11-12-28)40-33(46)30-18-27(39-32(45)24-9-10-25-21-38-14-13-23(25)17-24)22-43(30)34(47)29(36(2,3)4)19-31(44)42-15-7-6-8-16-42/h5,9-10,13-14,17,21,26-30H,1,6-8,11-12,15-16,18-20,22H2,2-4H3,(H,39,45)(H,40,46)(H,41,48)/t26?,27-,29-,30+,37?/m1/s1. The number of amides is 5. The summed E-state index contributed by atoms with van der Waals surface area (Å²) in [7, 11) is -3.89. The van der Waals surface area contributed by atoms with Crippen molar-refractivity contribution in [1.29, 1.82) is 0 Å². The quantitative estimate of drug-likeness (QED) is 0.297. The highest BCUT2D eigenvalue weighted by Crippen LogP contribution is 2.45. The molecule has 2 saturated carbocycles. The second kappa shape index (κ2) is 14.0. The molecule has 5 atom stereocenters. The zero-order valence-electron chi connectivity index (χ0n) is 29.5. The molecular formula is C37H48N6O7S. The van der Waals surface area contributed by atoms with E-state index >= 15 is 0 Å². The third kappa shape index (κ3) is 7.80. The second-order valence-corrected chi connectivity index (χ2v) is 17.6. The fourth-order valence-electron chi connectivity index (χ4n) is 7.36. The molecule has 51 heavy (non-hydrogen) atoms. The number of carbonyl (C=O) groups excluding carboxylic acids is 5. The molecule has 2 aliphatic heterocycles. The summed E-state index contributed by atoms with van der Waals surface area (Å²) >= 11 is 0. The van der Waals surface area contributed by atoms with Crippen LogP contribution in [0.5, 0.6) is 0 Å². The first-order chi connectivity index (χ1) is 24.1. The molecule has 2 saturated heterocycles. The smallest absolute Gasteiger partial charge is 0.259 e. The first-order valence-corrected chi connectivity index (χ1v) is 19.4. The van der Waals surface area contributed by atoms with Gasteiger partial charge >= 0.3 is 0 Å². The highest BCUT2D eigenvalue weighted by molar-refractivity contribution is 7.91. The van der Waals surface area contributed by atoms with E-state index in [9.17, 15) is 32.4 Å². The predicted molar refractivity (Wildman–Crippen MR) is 190 cm³/mol. The molecule has 3 heterocycles. The van der Waals surface area contributed by atoms with E-state index < -0.39 is 67.9 Å². The molecule has 0 spiro atoms. The van der Waals surface area contributed by atoms with Crippen molar-refractivity contribution < 1.29 is 32.4 Å². The summed E-state index contributed by atoms with van der Waals surface area (Å²) in [5.41, 5.74) is -1.78. The van der Waals surface area contributed by atoms with Crippen LogP contribution in [0.25, 0.3) is 10.8 Å². The normalized spacial score (nSPS) is 25.5. The SMILES string of the molecule is C=CC1CC1(NC(=O)[C@@H]1C[C@@H](NC(=O)c2ccc3cnccc3c2)CN1C(=O)[C@@H](CC(=O)N1CCCCC1)C(C)(C)C)C(=O)NS(=O)(=O)C1CC1. The number of hydrogen-bond donors (Lipinski definition) is 3. The second-order valence-electron chi connectivity index (χ2n) is 15.6. The molecule has 2 aliphatic carbocycles. The summed E-state index contributed by atoms with van der Waals surface area (Å²) in [6, 6.07) is 5.30. The van der Waals surface area contributed by atoms with Crippen molar-refractivity contribution in [2.75, 3.05) is 19.6 Å². The van der Waals surface area contributed by atoms with Gasteiger partial charge in [-0.1, -0.05) is 32.9 Å². The van der Waals surface area contributed by atoms with E-state index in [0.717, 1.165) is 30.0 Å². The summed E-state index contributed by atoms with van der Waals surface area (Å²) in [5, 5.41) is 6.86. The van der Waals surface area contributed by atoms with Gasteiger partial charge in [0.05, 0.1) is 11.2 Å². The molecule has 6 rings (SSSR count). The molecule has 5 amide bonds. The summed E-state index contributed by atoms with van der Waals surface area (Å²) in [4.78, 5) is 76.5. The largest absolute Gasteiger partial charge is 0.347 e. The van der Waals surface area contributed by atoms with E-state index in [2.05, 4.69) is 26.9 Å². The number of sulfonamides is 1. The molecule has 2 aromatic rings. The summed E-state index contributed by atoms with van der Waals surface area (Å²) in [6.45, 7) is 10.7. The fraction of sp³-hybridized carbons (Fsp3) is 0.568. The van der Waals surface area contributed by atoms with Gasteiger partial charge in [-0.2, -0.15) is 0 Å². The Morgan fingerprint density at radius 1 is 1.06 bits per heavy atom. The summed E-state index contributed by atoms with van der Waals surface area (Å²) < 4.78 is 27.5. The minimum atomic E-state index is -3.89. The minimum Gasteiger partial charge on any atom is -0.347 e. The number of likely N-dealkylation sites (tertiary alicyclic amines) is 2. The fourth-order valence-corrected chi connectivity index (χ4v) is 8.72. The zero-order chi connectivity index (χ0) is 36.7. The van der Waals surface area contributed by atoms with Gasteiger partial charge in [-0.25, -0.2) is 8.42 Å². The molecule has 1 aromatic heterocycles. The maximum absolute atomic E-state index is 14.6. The molecule has 4 aliphatic rings. The van der Waals surface area contributed by atoms with Crippen LogP contribution in [-0.4, -0.2) is 95.2 Å². The van der Waals surface area contributed by atoms with E-state index in [-0.39, 0.29) is 37.6 Å². The number of piperidine rings is 1. The van der Waals surface area contributed by atoms with E-state index in [0.29, 0.717) is 31.5 Å². The number of pyridine rings is 1. The first kappa shape index (κ1) is 36.5. The van der Waals surface area contributed by atoms with Crippen LogP contribution in [0.2, 0.25) is 0 Å². The van der Waals surface area contributed by atoms with Crippen molar-refractivity contribution in [3.63, 3.8) is 0 Å². The van der Waals surface area contributed by atoms with Gasteiger partial charge in [0.2, 0.25) is 27.7 Å². The highest BCUT2D eigenvalue weighted by atomic mass is 32.2. The van der Waals surface area contributed by atoms with Crippen LogP contribution in [-0.2, 0) is 29.2 Å². The Hall–Kier alpha value is -4.33. The molecule has 13 nitrogen and oxygen atoms in total. The van der Waals surface area contributed by atoms with Gasteiger partial charge in [0.1, 0.15) is 11.6 Å². The molecule has 0 bridgehead atoms. The highest BCUT2D eigenvalue weighted by Gasteiger charge is 2.62. The van der Waals surface area contributed by atoms with Gasteiger partial charge in [0.15, 0.2) is 0 Å². The van der Waals surface area contributed by atoms with Crippen molar-refractivity contribution in [3.8, 4) is 0 Å². The van der Waals surface area contributed by atoms with Crippen molar-refractivity contribution in [2.24, 2.45) is 17.3 Å². The number of fused-ring (bicyclic) bond motifs is 1. The lowest BCUT2D eigenvalue weighted by Gasteiger charge is -2.36. The topological polar surface area (TPSA) is 175 Å². The van der Waals surface area contributed by atoms with Crippen LogP contribution in [0.15, 0.2) is 49.3 Å². The van der Waals surface area contributed by atoms with Crippen LogP contribution in [0.4, 0.5) is 0 Å². The Morgan fingerprint density at radius 3 is 2.43 bits per heavy atom. The Kier molecular flexibility index (Phi) is 10.0. The Morgan fingerprint density at radius 2 is 1.78 bits per heavy atom. The van der Waals surface area contributed by atoms with Gasteiger partial charge < -0.3 is 20.4 Å². The molecule has 4 fully saturated rings. The average molecular weight is 721 g/mol. The number of benzene rings is 1. The number of rotatable bonds is 11. The molecule has 0 radical (unpaired) electrons. The Bertz CT molecular complexity index is 1850. The maximum Gasteiger partial charge on any atom is 0.259 e. The minimum absolute atomic E-state index is 0.00475. The molecular weight excluding hydrogens is 673 g/mol. The first-order valence-electron chi connectivity index (χ1n) is 17.9. The van der Waals surface area contributed by atoms with Crippen LogP contribution in [0.1, 0.15) is 82.5 Å². The van der Waals surface area contributed by atoms with Crippen molar-refractivity contribution in [1.82, 2.24) is 30.1 Å². The van der Waals surface area contributed by atoms with Gasteiger partial charge in [-0.3, -0.25) is 33.7 Å². The lowest BCUT2D eigenvalue weighted by molar-refractivity contribution is -0.148. The van der Waals surface area contributed by atoms with Crippen molar-refractivity contribution >= 4 is 50.3 Å². The van der Waals surface area contributed by atoms with E-state index in [1.165, 1.54) is 11.0 Å². The van der Waals surface area contributed by atoms with Gasteiger partial charge in [-0.05, 0) is 73.9 Å². The van der Waals surface area contributed by atoms with Crippen molar-refractivity contribution in [3.05, 3.63) is 54.9 Å². The number of nitrogens with zero attached hydrogens (tertiary/aromatic N) is 3. The summed E-state index contributed by atoms with van der Waals surface area (Å²) in [6.07, 6.45) is 8.82. The number of carbonyl (C=O) groups is 5. The van der Waals surface area contributed by atoms with Gasteiger partial charge in [0, 0.05) is 61.4 Å². The molecule has 274 valence electrons. The number of nitrogens with one attached hydrogen (secondary N) is 3. The lowest BCUT2D eigenvalue weighted by atomic mass is 9.77. The predicted octanol–water partition coefficient (Wildman–Crippen LogP) is 2.67. The third-order valence-electron chi connectivity index (χ3n) is 10.8. The average Bonchev–Trinajstić information content (AvgIpc) is 4.03. The number of aromatic nitrogens is 1. The van der Waals surface area contributed by atoms with Crippen LogP contribution in [0, 0.1) is 17.3 Å². The Balaban J connectivity index is 1.25. The van der Waals surface area contributed by atoms with Crippen LogP contribution in [0.3, 0.4) is 0 Å². The van der Waals surface area contributed by atoms with Crippen LogP contribution >= 0.6 is 0 Å². The number of hydrogen-bond acceptors (Lipinski definition) is 8. The molecule has 1 aromatic carbocycles. The van der Waals surface area contributed by atoms with E-state index in [4.69, 9.17) is 0 Å². The third-order valence-corrected chi connectivity index (χ3v) is 12.6. The van der Waals surface area contributed by atoms with Crippen LogP contribution < -0.4 is 15.4 Å². The zero-order valence-corrected chi connectivity index (χ0v) is 30.3. The maximum atomic E-state index is 14.6. The molecule has 2 unspecified atom stereocenters. The van der Waals surface area contributed by atoms with E-state index in [1.54, 1.807) is 41.6 Å². The van der Waals surface area contributed by atoms with E-state index in [1.807, 2.05) is 20.8 Å². The van der Waals surface area contributed by atoms with Gasteiger partial charge in [-0.15, -0.1) is 6.58 Å². The molecule has 14 heteroatoms. The molecule has 3 N–H and O–H groups in total. The monoisotopic (exact) mass is 720 g/mol. The lowest BCUT2D eigenvalue weighted by Crippen LogP contribution is -2.57. The Labute approximate surface area is 299 Å². The summed E-state index contributed by atoms with van der Waals surface area (Å²) in [5.74, 6) is -3.64. The van der Waals surface area contributed by atoms with Gasteiger partial charge in [0.25, 0.3) is 11.8 Å². The van der Waals surface area contributed by atoms with Crippen molar-refractivity contribution in [2.45, 2.75) is 95.0 Å².